The Kier molecular flexibility index (Phi) is 9.85. The molecular weight excluding hydrogens is 447 g/mol. The van der Waals surface area contributed by atoms with Gasteiger partial charge in [-0.2, -0.15) is 0 Å². The first-order valence-corrected chi connectivity index (χ1v) is 11.7. The van der Waals surface area contributed by atoms with Gasteiger partial charge in [0, 0.05) is 28.2 Å². The van der Waals surface area contributed by atoms with Crippen LogP contribution < -0.4 is 10.1 Å². The SMILES string of the molecule is CCC(C(=O)NC(C)C)N(Cc1c(Cl)cccc1Cl)C(=O)COc1ccccc1C(C)C. The Bertz CT molecular complexity index is 911. The molecule has 1 unspecified atom stereocenters. The van der Waals surface area contributed by atoms with Crippen molar-refractivity contribution in [3.05, 3.63) is 63.6 Å². The van der Waals surface area contributed by atoms with Crippen LogP contribution in [0.5, 0.6) is 5.75 Å². The molecule has 2 rings (SSSR count). The number of ether oxygens (including phenoxy) is 1. The van der Waals surface area contributed by atoms with E-state index in [0.29, 0.717) is 27.8 Å². The molecule has 0 aliphatic rings. The Morgan fingerprint density at radius 1 is 1.00 bits per heavy atom. The fourth-order valence-corrected chi connectivity index (χ4v) is 3.98. The third-order valence-corrected chi connectivity index (χ3v) is 5.81. The molecule has 0 bridgehead atoms. The first-order valence-electron chi connectivity index (χ1n) is 10.9. The van der Waals surface area contributed by atoms with Gasteiger partial charge in [0.15, 0.2) is 6.61 Å². The zero-order valence-electron chi connectivity index (χ0n) is 19.3. The van der Waals surface area contributed by atoms with Crippen molar-refractivity contribution in [2.75, 3.05) is 6.61 Å². The van der Waals surface area contributed by atoms with Gasteiger partial charge in [-0.1, -0.05) is 68.2 Å². The quantitative estimate of drug-likeness (QED) is 0.467. The molecule has 0 fully saturated rings. The molecule has 1 N–H and O–H groups in total. The summed E-state index contributed by atoms with van der Waals surface area (Å²) < 4.78 is 5.91. The number of para-hydroxylation sites is 1. The van der Waals surface area contributed by atoms with Crippen LogP contribution in [0.1, 0.15) is 58.1 Å². The Labute approximate surface area is 201 Å². The highest BCUT2D eigenvalue weighted by molar-refractivity contribution is 6.36. The summed E-state index contributed by atoms with van der Waals surface area (Å²) in [5.41, 5.74) is 1.62. The van der Waals surface area contributed by atoms with E-state index >= 15 is 0 Å². The highest BCUT2D eigenvalue weighted by Gasteiger charge is 2.30. The lowest BCUT2D eigenvalue weighted by Gasteiger charge is -2.31. The summed E-state index contributed by atoms with van der Waals surface area (Å²) in [5.74, 6) is 0.373. The van der Waals surface area contributed by atoms with E-state index in [0.717, 1.165) is 5.56 Å². The first kappa shape index (κ1) is 26.0. The van der Waals surface area contributed by atoms with Crippen LogP contribution in [0.3, 0.4) is 0 Å². The number of rotatable bonds is 10. The largest absolute Gasteiger partial charge is 0.483 e. The number of benzene rings is 2. The maximum absolute atomic E-state index is 13.4. The molecule has 2 amide bonds. The minimum atomic E-state index is -0.679. The van der Waals surface area contributed by atoms with E-state index in [1.165, 1.54) is 4.90 Å². The second-order valence-corrected chi connectivity index (χ2v) is 9.10. The van der Waals surface area contributed by atoms with Gasteiger partial charge >= 0.3 is 0 Å². The summed E-state index contributed by atoms with van der Waals surface area (Å²) >= 11 is 12.7. The van der Waals surface area contributed by atoms with Gasteiger partial charge in [0.1, 0.15) is 11.8 Å². The van der Waals surface area contributed by atoms with Crippen LogP contribution in [-0.2, 0) is 16.1 Å². The Hall–Kier alpha value is -2.24. The molecule has 2 aromatic carbocycles. The van der Waals surface area contributed by atoms with Crippen LogP contribution >= 0.6 is 23.2 Å². The van der Waals surface area contributed by atoms with Crippen LogP contribution in [0.25, 0.3) is 0 Å². The number of nitrogens with zero attached hydrogens (tertiary/aromatic N) is 1. The normalized spacial score (nSPS) is 12.0. The number of hydrogen-bond acceptors (Lipinski definition) is 3. The average Bonchev–Trinajstić information content (AvgIpc) is 2.73. The van der Waals surface area contributed by atoms with Crippen molar-refractivity contribution >= 4 is 35.0 Å². The molecule has 7 heteroatoms. The molecule has 5 nitrogen and oxygen atoms in total. The van der Waals surface area contributed by atoms with Gasteiger partial charge in [0.25, 0.3) is 5.91 Å². The van der Waals surface area contributed by atoms with Crippen molar-refractivity contribution in [1.82, 2.24) is 10.2 Å². The number of amides is 2. The summed E-state index contributed by atoms with van der Waals surface area (Å²) in [6.45, 7) is 9.68. The molecule has 0 heterocycles. The third-order valence-electron chi connectivity index (χ3n) is 5.10. The lowest BCUT2D eigenvalue weighted by molar-refractivity contribution is -0.143. The number of hydrogen-bond donors (Lipinski definition) is 1. The van der Waals surface area contributed by atoms with Crippen molar-refractivity contribution in [2.24, 2.45) is 0 Å². The summed E-state index contributed by atoms with van der Waals surface area (Å²) in [4.78, 5) is 27.7. The molecule has 0 spiro atoms. The van der Waals surface area contributed by atoms with Gasteiger partial charge < -0.3 is 15.0 Å². The van der Waals surface area contributed by atoms with E-state index in [2.05, 4.69) is 19.2 Å². The zero-order valence-corrected chi connectivity index (χ0v) is 20.8. The van der Waals surface area contributed by atoms with Crippen LogP contribution in [0.4, 0.5) is 0 Å². The van der Waals surface area contributed by atoms with E-state index in [4.69, 9.17) is 27.9 Å². The monoisotopic (exact) mass is 478 g/mol. The zero-order chi connectivity index (χ0) is 23.8. The molecule has 174 valence electrons. The molecule has 0 radical (unpaired) electrons. The minimum absolute atomic E-state index is 0.0495. The summed E-state index contributed by atoms with van der Waals surface area (Å²) in [5, 5.41) is 3.79. The summed E-state index contributed by atoms with van der Waals surface area (Å²) in [6, 6.07) is 12.1. The van der Waals surface area contributed by atoms with Crippen LogP contribution in [0.15, 0.2) is 42.5 Å². The molecule has 1 atom stereocenters. The van der Waals surface area contributed by atoms with Crippen molar-refractivity contribution in [3.63, 3.8) is 0 Å². The molecular formula is C25H32Cl2N2O3. The van der Waals surface area contributed by atoms with Gasteiger partial charge in [-0.3, -0.25) is 9.59 Å². The fraction of sp³-hybridized carbons (Fsp3) is 0.440. The van der Waals surface area contributed by atoms with E-state index in [9.17, 15) is 9.59 Å². The number of nitrogens with one attached hydrogen (secondary N) is 1. The highest BCUT2D eigenvalue weighted by atomic mass is 35.5. The maximum Gasteiger partial charge on any atom is 0.261 e. The summed E-state index contributed by atoms with van der Waals surface area (Å²) in [7, 11) is 0. The topological polar surface area (TPSA) is 58.6 Å². The lowest BCUT2D eigenvalue weighted by Crippen LogP contribution is -2.51. The Balaban J connectivity index is 2.32. The standard InChI is InChI=1S/C25H32Cl2N2O3/c1-6-22(25(31)28-17(4)5)29(14-19-20(26)11-9-12-21(19)27)24(30)15-32-23-13-8-7-10-18(23)16(2)3/h7-13,16-17,22H,6,14-15H2,1-5H3,(H,28,31). The van der Waals surface area contributed by atoms with Crippen molar-refractivity contribution < 1.29 is 14.3 Å². The second kappa shape index (κ2) is 12.1. The predicted octanol–water partition coefficient (Wildman–Crippen LogP) is 5.83. The lowest BCUT2D eigenvalue weighted by atomic mass is 10.0. The molecule has 0 aliphatic heterocycles. The number of carbonyl (C=O) groups excluding carboxylic acids is 2. The molecule has 0 aromatic heterocycles. The number of carbonyl (C=O) groups is 2. The van der Waals surface area contributed by atoms with Gasteiger partial charge in [-0.05, 0) is 49.9 Å². The van der Waals surface area contributed by atoms with Gasteiger partial charge in [-0.15, -0.1) is 0 Å². The average molecular weight is 479 g/mol. The molecule has 2 aromatic rings. The fourth-order valence-electron chi connectivity index (χ4n) is 3.47. The molecule has 0 saturated heterocycles. The maximum atomic E-state index is 13.4. The highest BCUT2D eigenvalue weighted by Crippen LogP contribution is 2.28. The summed E-state index contributed by atoms with van der Waals surface area (Å²) in [6.07, 6.45) is 0.439. The second-order valence-electron chi connectivity index (χ2n) is 8.29. The van der Waals surface area contributed by atoms with Crippen molar-refractivity contribution in [2.45, 2.75) is 65.6 Å². The van der Waals surface area contributed by atoms with E-state index in [1.54, 1.807) is 18.2 Å². The predicted molar refractivity (Wildman–Crippen MR) is 130 cm³/mol. The smallest absolute Gasteiger partial charge is 0.261 e. The van der Waals surface area contributed by atoms with Crippen LogP contribution in [-0.4, -0.2) is 35.4 Å². The Morgan fingerprint density at radius 3 is 2.19 bits per heavy atom. The van der Waals surface area contributed by atoms with Crippen LogP contribution in [0.2, 0.25) is 10.0 Å². The van der Waals surface area contributed by atoms with Crippen molar-refractivity contribution in [1.29, 1.82) is 0 Å². The first-order chi connectivity index (χ1) is 15.1. The molecule has 0 saturated carbocycles. The van der Waals surface area contributed by atoms with E-state index < -0.39 is 6.04 Å². The van der Waals surface area contributed by atoms with Crippen molar-refractivity contribution in [3.8, 4) is 5.75 Å². The minimum Gasteiger partial charge on any atom is -0.483 e. The van der Waals surface area contributed by atoms with Crippen LogP contribution in [0, 0.1) is 0 Å². The Morgan fingerprint density at radius 2 is 1.62 bits per heavy atom. The number of halogens is 2. The van der Waals surface area contributed by atoms with Gasteiger partial charge in [-0.25, -0.2) is 0 Å². The molecule has 0 aliphatic carbocycles. The molecule has 32 heavy (non-hydrogen) atoms. The van der Waals surface area contributed by atoms with Gasteiger partial charge in [0.2, 0.25) is 5.91 Å². The van der Waals surface area contributed by atoms with Gasteiger partial charge in [0.05, 0.1) is 0 Å². The van der Waals surface area contributed by atoms with E-state index in [-0.39, 0.29) is 36.9 Å². The van der Waals surface area contributed by atoms with E-state index in [1.807, 2.05) is 45.0 Å². The third kappa shape index (κ3) is 6.88.